The number of alkyl halides is 1. The third-order valence-electron chi connectivity index (χ3n) is 2.35. The molecule has 0 rings (SSSR count). The van der Waals surface area contributed by atoms with Crippen molar-refractivity contribution in [2.75, 3.05) is 0 Å². The van der Waals surface area contributed by atoms with Gasteiger partial charge >= 0.3 is 0 Å². The quantitative estimate of drug-likeness (QED) is 0.420. The van der Waals surface area contributed by atoms with Crippen LogP contribution in [0, 0.1) is 5.92 Å². The van der Waals surface area contributed by atoms with E-state index < -0.39 is 0 Å². The van der Waals surface area contributed by atoms with Crippen LogP contribution in [0.2, 0.25) is 0 Å². The van der Waals surface area contributed by atoms with E-state index in [1.165, 1.54) is 32.1 Å². The summed E-state index contributed by atoms with van der Waals surface area (Å²) in [7, 11) is 0. The summed E-state index contributed by atoms with van der Waals surface area (Å²) in [4.78, 5) is 0. The smallest absolute Gasteiger partial charge is 0.0335 e. The fourth-order valence-corrected chi connectivity index (χ4v) is 1.72. The van der Waals surface area contributed by atoms with Gasteiger partial charge in [0.2, 0.25) is 0 Å². The van der Waals surface area contributed by atoms with E-state index in [-0.39, 0.29) is 0 Å². The lowest BCUT2D eigenvalue weighted by atomic mass is 9.96. The second kappa shape index (κ2) is 6.97. The molecule has 0 N–H and O–H groups in total. The maximum atomic E-state index is 6.02. The molecule has 2 atom stereocenters. The predicted molar refractivity (Wildman–Crippen MR) is 53.2 cm³/mol. The Morgan fingerprint density at radius 3 is 2.18 bits per heavy atom. The molecule has 68 valence electrons. The molecular weight excluding hydrogens is 156 g/mol. The summed E-state index contributed by atoms with van der Waals surface area (Å²) in [5.74, 6) is 0.739. The Bertz CT molecular complexity index is 78.9. The maximum absolute atomic E-state index is 6.02. The summed E-state index contributed by atoms with van der Waals surface area (Å²) in [6.45, 7) is 6.59. The standard InChI is InChI=1S/C10H21Cl/c1-4-6-7-8-10(5-2)9(3)11/h9-10H,4-8H2,1-3H3. The van der Waals surface area contributed by atoms with Crippen molar-refractivity contribution in [1.82, 2.24) is 0 Å². The Labute approximate surface area is 76.3 Å². The first kappa shape index (κ1) is 11.3. The van der Waals surface area contributed by atoms with Gasteiger partial charge in [0, 0.05) is 5.38 Å². The molecule has 0 heterocycles. The zero-order valence-corrected chi connectivity index (χ0v) is 8.82. The Hall–Kier alpha value is 0.290. The number of halogens is 1. The van der Waals surface area contributed by atoms with Crippen LogP contribution in [-0.2, 0) is 0 Å². The van der Waals surface area contributed by atoms with Crippen LogP contribution >= 0.6 is 11.6 Å². The third kappa shape index (κ3) is 5.55. The van der Waals surface area contributed by atoms with Crippen molar-refractivity contribution in [3.63, 3.8) is 0 Å². The first-order valence-electron chi connectivity index (χ1n) is 4.86. The Balaban J connectivity index is 3.36. The molecule has 0 aliphatic heterocycles. The average molecular weight is 177 g/mol. The summed E-state index contributed by atoms with van der Waals surface area (Å²) in [6, 6.07) is 0. The zero-order valence-electron chi connectivity index (χ0n) is 8.07. The van der Waals surface area contributed by atoms with Crippen molar-refractivity contribution in [3.8, 4) is 0 Å². The summed E-state index contributed by atoms with van der Waals surface area (Å²) in [5.41, 5.74) is 0. The highest BCUT2D eigenvalue weighted by Gasteiger charge is 2.11. The molecule has 0 nitrogen and oxygen atoms in total. The maximum Gasteiger partial charge on any atom is 0.0335 e. The molecule has 0 spiro atoms. The molecule has 0 aromatic carbocycles. The first-order chi connectivity index (χ1) is 5.22. The van der Waals surface area contributed by atoms with Crippen LogP contribution in [0.4, 0.5) is 0 Å². The van der Waals surface area contributed by atoms with Gasteiger partial charge in [-0.25, -0.2) is 0 Å². The molecule has 0 bridgehead atoms. The van der Waals surface area contributed by atoms with Gasteiger partial charge in [-0.15, -0.1) is 11.6 Å². The zero-order chi connectivity index (χ0) is 8.69. The lowest BCUT2D eigenvalue weighted by Gasteiger charge is -2.16. The molecule has 0 saturated carbocycles. The average Bonchev–Trinajstić information content (AvgIpc) is 1.97. The fourth-order valence-electron chi connectivity index (χ4n) is 1.42. The highest BCUT2D eigenvalue weighted by molar-refractivity contribution is 6.20. The largest absolute Gasteiger partial charge is 0.123 e. The Kier molecular flexibility index (Phi) is 7.15. The SMILES string of the molecule is CCCCCC(CC)C(C)Cl. The van der Waals surface area contributed by atoms with Crippen LogP contribution in [0.3, 0.4) is 0 Å². The highest BCUT2D eigenvalue weighted by atomic mass is 35.5. The first-order valence-corrected chi connectivity index (χ1v) is 5.30. The van der Waals surface area contributed by atoms with Gasteiger partial charge in [0.15, 0.2) is 0 Å². The normalized spacial score (nSPS) is 16.4. The number of rotatable bonds is 6. The Morgan fingerprint density at radius 2 is 1.82 bits per heavy atom. The van der Waals surface area contributed by atoms with Crippen molar-refractivity contribution in [3.05, 3.63) is 0 Å². The molecule has 1 heteroatoms. The van der Waals surface area contributed by atoms with Crippen LogP contribution in [-0.4, -0.2) is 5.38 Å². The molecule has 0 fully saturated rings. The molecular formula is C10H21Cl. The van der Waals surface area contributed by atoms with Crippen LogP contribution in [0.1, 0.15) is 52.9 Å². The van der Waals surface area contributed by atoms with Gasteiger partial charge in [0.1, 0.15) is 0 Å². The van der Waals surface area contributed by atoms with Crippen molar-refractivity contribution in [1.29, 1.82) is 0 Å². The second-order valence-electron chi connectivity index (χ2n) is 3.34. The van der Waals surface area contributed by atoms with Crippen LogP contribution in [0.25, 0.3) is 0 Å². The van der Waals surface area contributed by atoms with E-state index in [0.717, 1.165) is 5.92 Å². The second-order valence-corrected chi connectivity index (χ2v) is 4.03. The number of unbranched alkanes of at least 4 members (excludes halogenated alkanes) is 2. The van der Waals surface area contributed by atoms with Gasteiger partial charge in [-0.05, 0) is 19.3 Å². The number of hydrogen-bond donors (Lipinski definition) is 0. The molecule has 0 radical (unpaired) electrons. The van der Waals surface area contributed by atoms with Crippen LogP contribution in [0.5, 0.6) is 0 Å². The Morgan fingerprint density at radius 1 is 1.18 bits per heavy atom. The monoisotopic (exact) mass is 176 g/mol. The molecule has 0 aromatic heterocycles. The van der Waals surface area contributed by atoms with Gasteiger partial charge in [-0.3, -0.25) is 0 Å². The van der Waals surface area contributed by atoms with Crippen molar-refractivity contribution in [2.24, 2.45) is 5.92 Å². The third-order valence-corrected chi connectivity index (χ3v) is 2.71. The number of hydrogen-bond acceptors (Lipinski definition) is 0. The molecule has 0 aliphatic carbocycles. The van der Waals surface area contributed by atoms with E-state index in [0.29, 0.717) is 5.38 Å². The molecule has 0 aliphatic rings. The summed E-state index contributed by atoms with van der Waals surface area (Å²) < 4.78 is 0. The van der Waals surface area contributed by atoms with E-state index in [1.54, 1.807) is 0 Å². The van der Waals surface area contributed by atoms with Crippen LogP contribution < -0.4 is 0 Å². The molecule has 0 aromatic rings. The van der Waals surface area contributed by atoms with E-state index in [2.05, 4.69) is 20.8 Å². The van der Waals surface area contributed by atoms with Crippen LogP contribution in [0.15, 0.2) is 0 Å². The van der Waals surface area contributed by atoms with Gasteiger partial charge in [-0.1, -0.05) is 39.5 Å². The van der Waals surface area contributed by atoms with Crippen molar-refractivity contribution < 1.29 is 0 Å². The molecule has 11 heavy (non-hydrogen) atoms. The fraction of sp³-hybridized carbons (Fsp3) is 1.00. The minimum absolute atomic E-state index is 0.358. The van der Waals surface area contributed by atoms with Gasteiger partial charge in [-0.2, -0.15) is 0 Å². The van der Waals surface area contributed by atoms with Crippen molar-refractivity contribution >= 4 is 11.6 Å². The topological polar surface area (TPSA) is 0 Å². The van der Waals surface area contributed by atoms with E-state index in [1.807, 2.05) is 0 Å². The van der Waals surface area contributed by atoms with E-state index >= 15 is 0 Å². The lowest BCUT2D eigenvalue weighted by Crippen LogP contribution is -2.09. The minimum atomic E-state index is 0.358. The molecule has 0 amide bonds. The lowest BCUT2D eigenvalue weighted by molar-refractivity contribution is 0.438. The summed E-state index contributed by atoms with van der Waals surface area (Å²) in [6.07, 6.45) is 6.57. The van der Waals surface area contributed by atoms with E-state index in [4.69, 9.17) is 11.6 Å². The van der Waals surface area contributed by atoms with Crippen molar-refractivity contribution in [2.45, 2.75) is 58.3 Å². The van der Waals surface area contributed by atoms with E-state index in [9.17, 15) is 0 Å². The summed E-state index contributed by atoms with van der Waals surface area (Å²) in [5, 5.41) is 0.358. The van der Waals surface area contributed by atoms with Gasteiger partial charge in [0.05, 0.1) is 0 Å². The van der Waals surface area contributed by atoms with Gasteiger partial charge < -0.3 is 0 Å². The van der Waals surface area contributed by atoms with Gasteiger partial charge in [0.25, 0.3) is 0 Å². The highest BCUT2D eigenvalue weighted by Crippen LogP contribution is 2.20. The predicted octanol–water partition coefficient (Wildman–Crippen LogP) is 4.22. The molecule has 2 unspecified atom stereocenters. The summed E-state index contributed by atoms with van der Waals surface area (Å²) >= 11 is 6.02. The minimum Gasteiger partial charge on any atom is -0.123 e. The molecule has 0 saturated heterocycles.